The first-order valence-corrected chi connectivity index (χ1v) is 10.3. The molecule has 160 valence electrons. The lowest BCUT2D eigenvalue weighted by Crippen LogP contribution is -2.23. The van der Waals surface area contributed by atoms with Crippen molar-refractivity contribution in [2.24, 2.45) is 5.10 Å². The monoisotopic (exact) mass is 485 g/mol. The molecule has 0 atom stereocenters. The third-order valence-electron chi connectivity index (χ3n) is 4.59. The molecule has 0 saturated carbocycles. The number of hydrazone groups is 1. The van der Waals surface area contributed by atoms with Crippen molar-refractivity contribution in [3.8, 4) is 5.69 Å². The van der Waals surface area contributed by atoms with Crippen LogP contribution in [0.4, 0.5) is 5.69 Å². The number of hydrogen-bond acceptors (Lipinski definition) is 5. The van der Waals surface area contributed by atoms with E-state index in [9.17, 15) is 19.7 Å². The summed E-state index contributed by atoms with van der Waals surface area (Å²) in [4.78, 5) is 35.9. The van der Waals surface area contributed by atoms with Crippen LogP contribution in [-0.2, 0) is 6.42 Å². The van der Waals surface area contributed by atoms with Crippen LogP contribution < -0.4 is 11.0 Å². The van der Waals surface area contributed by atoms with Crippen molar-refractivity contribution < 1.29 is 9.72 Å². The number of aryl methyl sites for hydroxylation is 1. The van der Waals surface area contributed by atoms with Crippen LogP contribution >= 0.6 is 15.9 Å². The molecular formula is C21H20BrN5O4. The van der Waals surface area contributed by atoms with Crippen molar-refractivity contribution in [2.45, 2.75) is 26.7 Å². The van der Waals surface area contributed by atoms with Gasteiger partial charge in [0, 0.05) is 22.3 Å². The lowest BCUT2D eigenvalue weighted by atomic mass is 10.1. The average molecular weight is 486 g/mol. The van der Waals surface area contributed by atoms with Crippen molar-refractivity contribution in [2.75, 3.05) is 0 Å². The van der Waals surface area contributed by atoms with E-state index in [1.807, 2.05) is 6.92 Å². The summed E-state index contributed by atoms with van der Waals surface area (Å²) in [5.74, 6) is -0.407. The first-order valence-electron chi connectivity index (χ1n) is 9.51. The van der Waals surface area contributed by atoms with Crippen LogP contribution in [0.15, 0.2) is 62.9 Å². The lowest BCUT2D eigenvalue weighted by molar-refractivity contribution is -0.384. The number of nitro benzene ring substituents is 1. The predicted molar refractivity (Wildman–Crippen MR) is 121 cm³/mol. The lowest BCUT2D eigenvalue weighted by Gasteiger charge is -2.04. The van der Waals surface area contributed by atoms with Gasteiger partial charge in [-0.15, -0.1) is 0 Å². The number of H-pyrrole nitrogens is 1. The Morgan fingerprint density at radius 3 is 2.52 bits per heavy atom. The Kier molecular flexibility index (Phi) is 6.81. The van der Waals surface area contributed by atoms with Gasteiger partial charge < -0.3 is 0 Å². The molecule has 0 radical (unpaired) electrons. The Hall–Kier alpha value is -3.53. The third-order valence-corrected chi connectivity index (χ3v) is 5.28. The van der Waals surface area contributed by atoms with Gasteiger partial charge in [-0.25, -0.2) is 10.1 Å². The number of non-ortho nitro benzene ring substituents is 1. The fourth-order valence-electron chi connectivity index (χ4n) is 3.09. The van der Waals surface area contributed by atoms with Crippen molar-refractivity contribution in [3.05, 3.63) is 90.3 Å². The summed E-state index contributed by atoms with van der Waals surface area (Å²) in [5.41, 5.74) is 4.33. The highest BCUT2D eigenvalue weighted by Gasteiger charge is 2.18. The van der Waals surface area contributed by atoms with Gasteiger partial charge in [0.1, 0.15) is 0 Å². The number of benzene rings is 2. The minimum absolute atomic E-state index is 0.0649. The van der Waals surface area contributed by atoms with Crippen molar-refractivity contribution >= 4 is 33.2 Å². The van der Waals surface area contributed by atoms with Crippen LogP contribution in [0.5, 0.6) is 0 Å². The SMILES string of the molecule is CCCc1[nH]n(-c2ccc([N+](=O)[O-])cc2)c(=O)c1/C(C)=N/NC(=O)c1ccccc1Br. The number of halogens is 1. The number of rotatable bonds is 7. The number of nitrogens with one attached hydrogen (secondary N) is 2. The van der Waals surface area contributed by atoms with Crippen LogP contribution in [0.3, 0.4) is 0 Å². The average Bonchev–Trinajstić information content (AvgIpc) is 3.08. The van der Waals surface area contributed by atoms with E-state index in [4.69, 9.17) is 0 Å². The number of hydrogen-bond donors (Lipinski definition) is 2. The molecule has 0 bridgehead atoms. The molecule has 3 aromatic rings. The molecule has 2 N–H and O–H groups in total. The van der Waals surface area contributed by atoms with E-state index in [1.54, 1.807) is 31.2 Å². The predicted octanol–water partition coefficient (Wildman–Crippen LogP) is 3.94. The number of nitrogens with zero attached hydrogens (tertiary/aromatic N) is 3. The molecule has 0 fully saturated rings. The van der Waals surface area contributed by atoms with Gasteiger partial charge in [-0.1, -0.05) is 25.5 Å². The first kappa shape index (κ1) is 22.2. The fraction of sp³-hybridized carbons (Fsp3) is 0.190. The van der Waals surface area contributed by atoms with E-state index in [2.05, 4.69) is 31.6 Å². The second kappa shape index (κ2) is 9.52. The van der Waals surface area contributed by atoms with Crippen molar-refractivity contribution in [1.82, 2.24) is 15.2 Å². The van der Waals surface area contributed by atoms with E-state index in [0.29, 0.717) is 39.1 Å². The van der Waals surface area contributed by atoms with Gasteiger partial charge in [0.15, 0.2) is 0 Å². The highest BCUT2D eigenvalue weighted by molar-refractivity contribution is 9.10. The molecule has 0 aliphatic heterocycles. The number of carbonyl (C=O) groups excluding carboxylic acids is 1. The minimum atomic E-state index is -0.500. The Morgan fingerprint density at radius 1 is 1.23 bits per heavy atom. The van der Waals surface area contributed by atoms with Gasteiger partial charge in [-0.2, -0.15) is 5.10 Å². The molecule has 0 spiro atoms. The Labute approximate surface area is 186 Å². The largest absolute Gasteiger partial charge is 0.294 e. The summed E-state index contributed by atoms with van der Waals surface area (Å²) < 4.78 is 1.95. The van der Waals surface area contributed by atoms with Gasteiger partial charge in [0.05, 0.1) is 27.4 Å². The summed E-state index contributed by atoms with van der Waals surface area (Å²) in [7, 11) is 0. The summed E-state index contributed by atoms with van der Waals surface area (Å²) in [6, 6.07) is 12.6. The molecule has 2 aromatic carbocycles. The zero-order chi connectivity index (χ0) is 22.5. The number of carbonyl (C=O) groups is 1. The smallest absolute Gasteiger partial charge is 0.280 e. The molecule has 0 unspecified atom stereocenters. The number of amides is 1. The summed E-state index contributed by atoms with van der Waals surface area (Å²) in [6.45, 7) is 3.62. The Bertz CT molecular complexity index is 1210. The third kappa shape index (κ3) is 4.80. The maximum atomic E-state index is 13.1. The van der Waals surface area contributed by atoms with E-state index in [-0.39, 0.29) is 11.2 Å². The second-order valence-electron chi connectivity index (χ2n) is 6.75. The zero-order valence-electron chi connectivity index (χ0n) is 16.9. The molecule has 1 aromatic heterocycles. The molecule has 31 heavy (non-hydrogen) atoms. The minimum Gasteiger partial charge on any atom is -0.294 e. The van der Waals surface area contributed by atoms with E-state index in [0.717, 1.165) is 6.42 Å². The molecular weight excluding hydrogens is 466 g/mol. The maximum Gasteiger partial charge on any atom is 0.280 e. The summed E-state index contributed by atoms with van der Waals surface area (Å²) in [5, 5.41) is 18.1. The van der Waals surface area contributed by atoms with Gasteiger partial charge in [0.2, 0.25) is 0 Å². The number of aromatic nitrogens is 2. The van der Waals surface area contributed by atoms with E-state index < -0.39 is 10.8 Å². The molecule has 10 heteroatoms. The van der Waals surface area contributed by atoms with Crippen LogP contribution in [0, 0.1) is 10.1 Å². The van der Waals surface area contributed by atoms with Gasteiger partial charge >= 0.3 is 0 Å². The van der Waals surface area contributed by atoms with Crippen molar-refractivity contribution in [1.29, 1.82) is 0 Å². The molecule has 1 amide bonds. The van der Waals surface area contributed by atoms with Crippen LogP contribution in [-0.4, -0.2) is 26.3 Å². The quantitative estimate of drug-likeness (QED) is 0.298. The fourth-order valence-corrected chi connectivity index (χ4v) is 3.55. The topological polar surface area (TPSA) is 122 Å². The standard InChI is InChI=1S/C21H20BrN5O4/c1-3-6-18-19(13(2)23-24-20(28)16-7-4-5-8-17(16)22)21(29)26(25-18)14-9-11-15(12-10-14)27(30)31/h4-5,7-12,25H,3,6H2,1-2H3,(H,24,28)/b23-13+. The molecule has 0 saturated heterocycles. The summed E-state index contributed by atoms with van der Waals surface area (Å²) >= 11 is 3.33. The van der Waals surface area contributed by atoms with Crippen LogP contribution in [0.1, 0.15) is 41.9 Å². The number of nitro groups is 1. The normalized spacial score (nSPS) is 11.4. The molecule has 0 aliphatic rings. The van der Waals surface area contributed by atoms with Crippen molar-refractivity contribution in [3.63, 3.8) is 0 Å². The van der Waals surface area contributed by atoms with Crippen LogP contribution in [0.25, 0.3) is 5.69 Å². The van der Waals surface area contributed by atoms with E-state index >= 15 is 0 Å². The zero-order valence-corrected chi connectivity index (χ0v) is 18.5. The van der Waals surface area contributed by atoms with Gasteiger partial charge in [-0.3, -0.25) is 24.8 Å². The van der Waals surface area contributed by atoms with Gasteiger partial charge in [-0.05, 0) is 53.5 Å². The molecule has 1 heterocycles. The highest BCUT2D eigenvalue weighted by Crippen LogP contribution is 2.17. The first-order chi connectivity index (χ1) is 14.8. The molecule has 3 rings (SSSR count). The van der Waals surface area contributed by atoms with Gasteiger partial charge in [0.25, 0.3) is 17.2 Å². The molecule has 0 aliphatic carbocycles. The second-order valence-corrected chi connectivity index (χ2v) is 7.60. The highest BCUT2D eigenvalue weighted by atomic mass is 79.9. The number of aromatic amines is 1. The van der Waals surface area contributed by atoms with Crippen LogP contribution in [0.2, 0.25) is 0 Å². The maximum absolute atomic E-state index is 13.1. The summed E-state index contributed by atoms with van der Waals surface area (Å²) in [6.07, 6.45) is 1.37. The molecule has 9 nitrogen and oxygen atoms in total. The Balaban J connectivity index is 1.95. The van der Waals surface area contributed by atoms with E-state index in [1.165, 1.54) is 28.9 Å². The Morgan fingerprint density at radius 2 is 1.90 bits per heavy atom.